The fourth-order valence-corrected chi connectivity index (χ4v) is 8.02. The number of aromatic nitrogens is 3. The van der Waals surface area contributed by atoms with Crippen LogP contribution in [-0.2, 0) is 0 Å². The van der Waals surface area contributed by atoms with E-state index in [0.29, 0.717) is 17.5 Å². The van der Waals surface area contributed by atoms with Crippen LogP contribution in [0.25, 0.3) is 97.8 Å². The Bertz CT molecular complexity index is 2820. The summed E-state index contributed by atoms with van der Waals surface area (Å²) in [6.07, 6.45) is 0. The van der Waals surface area contributed by atoms with Gasteiger partial charge in [-0.05, 0) is 46.5 Å². The molecule has 0 radical (unpaired) electrons. The summed E-state index contributed by atoms with van der Waals surface area (Å²) < 4.78 is 8.76. The molecule has 7 aromatic carbocycles. The Morgan fingerprint density at radius 3 is 2.07 bits per heavy atom. The first-order valence-electron chi connectivity index (χ1n) is 15.3. The summed E-state index contributed by atoms with van der Waals surface area (Å²) in [7, 11) is 0. The van der Waals surface area contributed by atoms with Gasteiger partial charge in [-0.3, -0.25) is 0 Å². The van der Waals surface area contributed by atoms with Gasteiger partial charge in [0.25, 0.3) is 0 Å². The molecule has 0 atom stereocenters. The van der Waals surface area contributed by atoms with Crippen LogP contribution in [0.3, 0.4) is 0 Å². The van der Waals surface area contributed by atoms with E-state index in [9.17, 15) is 0 Å². The molecule has 10 rings (SSSR count). The predicted molar refractivity (Wildman–Crippen MR) is 191 cm³/mol. The molecule has 0 bridgehead atoms. The van der Waals surface area contributed by atoms with E-state index in [1.54, 1.807) is 0 Å². The maximum absolute atomic E-state index is 6.21. The van der Waals surface area contributed by atoms with E-state index < -0.39 is 0 Å². The summed E-state index contributed by atoms with van der Waals surface area (Å²) in [5.41, 5.74) is 4.47. The van der Waals surface area contributed by atoms with Crippen LogP contribution < -0.4 is 0 Å². The number of furan rings is 1. The van der Waals surface area contributed by atoms with Crippen LogP contribution in [0.4, 0.5) is 0 Å². The van der Waals surface area contributed by atoms with Gasteiger partial charge in [-0.1, -0.05) is 109 Å². The molecule has 0 spiro atoms. The molecular formula is C41H23N3OS. The highest BCUT2D eigenvalue weighted by atomic mass is 32.1. The van der Waals surface area contributed by atoms with Crippen molar-refractivity contribution in [1.82, 2.24) is 15.0 Å². The highest BCUT2D eigenvalue weighted by molar-refractivity contribution is 7.26. The van der Waals surface area contributed by atoms with Crippen LogP contribution in [0.1, 0.15) is 0 Å². The van der Waals surface area contributed by atoms with Crippen molar-refractivity contribution in [3.8, 4) is 34.2 Å². The number of para-hydroxylation sites is 1. The number of benzene rings is 7. The first-order chi connectivity index (χ1) is 22.8. The van der Waals surface area contributed by atoms with Crippen LogP contribution >= 0.6 is 11.3 Å². The summed E-state index contributed by atoms with van der Waals surface area (Å²) in [5.74, 6) is 1.90. The molecule has 0 aliphatic rings. The Hall–Kier alpha value is -5.91. The van der Waals surface area contributed by atoms with Gasteiger partial charge in [0.1, 0.15) is 11.2 Å². The van der Waals surface area contributed by atoms with Crippen molar-refractivity contribution in [2.75, 3.05) is 0 Å². The zero-order valence-corrected chi connectivity index (χ0v) is 25.3. The lowest BCUT2D eigenvalue weighted by Gasteiger charge is -2.09. The molecule has 10 aromatic rings. The summed E-state index contributed by atoms with van der Waals surface area (Å²) in [6, 6.07) is 48.5. The Balaban J connectivity index is 1.22. The molecule has 46 heavy (non-hydrogen) atoms. The van der Waals surface area contributed by atoms with Crippen LogP contribution in [0.15, 0.2) is 144 Å². The van der Waals surface area contributed by atoms with E-state index in [2.05, 4.69) is 78.9 Å². The number of thiophene rings is 1. The first-order valence-corrected chi connectivity index (χ1v) is 16.1. The quantitative estimate of drug-likeness (QED) is 0.188. The number of hydrogen-bond donors (Lipinski definition) is 0. The minimum atomic E-state index is 0.619. The van der Waals surface area contributed by atoms with Gasteiger partial charge in [0.2, 0.25) is 0 Å². The molecule has 0 fully saturated rings. The summed E-state index contributed by atoms with van der Waals surface area (Å²) in [5, 5.41) is 9.62. The van der Waals surface area contributed by atoms with Gasteiger partial charge in [0.05, 0.1) is 0 Å². The second kappa shape index (κ2) is 9.80. The van der Waals surface area contributed by atoms with Crippen molar-refractivity contribution in [3.63, 3.8) is 0 Å². The highest BCUT2D eigenvalue weighted by Crippen LogP contribution is 2.42. The first kappa shape index (κ1) is 25.4. The maximum Gasteiger partial charge on any atom is 0.164 e. The highest BCUT2D eigenvalue weighted by Gasteiger charge is 2.19. The lowest BCUT2D eigenvalue weighted by molar-refractivity contribution is 0.669. The molecule has 0 unspecified atom stereocenters. The van der Waals surface area contributed by atoms with E-state index in [4.69, 9.17) is 19.4 Å². The zero-order valence-electron chi connectivity index (χ0n) is 24.4. The molecule has 3 heterocycles. The molecule has 0 saturated carbocycles. The third-order valence-corrected chi connectivity index (χ3v) is 10.1. The van der Waals surface area contributed by atoms with Crippen molar-refractivity contribution < 1.29 is 4.42 Å². The van der Waals surface area contributed by atoms with E-state index >= 15 is 0 Å². The number of fused-ring (bicyclic) bond motifs is 10. The number of rotatable bonds is 3. The molecule has 0 amide bonds. The summed E-state index contributed by atoms with van der Waals surface area (Å²) >= 11 is 1.85. The smallest absolute Gasteiger partial charge is 0.164 e. The van der Waals surface area contributed by atoms with Gasteiger partial charge >= 0.3 is 0 Å². The second-order valence-corrected chi connectivity index (χ2v) is 12.6. The minimum Gasteiger partial charge on any atom is -0.456 e. The predicted octanol–water partition coefficient (Wildman–Crippen LogP) is 11.4. The fraction of sp³-hybridized carbons (Fsp3) is 0. The molecule has 3 aromatic heterocycles. The molecule has 5 heteroatoms. The average Bonchev–Trinajstić information content (AvgIpc) is 3.70. The Kier molecular flexibility index (Phi) is 5.41. The monoisotopic (exact) mass is 605 g/mol. The third-order valence-electron chi connectivity index (χ3n) is 8.91. The van der Waals surface area contributed by atoms with Crippen LogP contribution in [0.2, 0.25) is 0 Å². The third kappa shape index (κ3) is 3.82. The zero-order chi connectivity index (χ0) is 30.2. The van der Waals surface area contributed by atoms with Crippen molar-refractivity contribution in [1.29, 1.82) is 0 Å². The van der Waals surface area contributed by atoms with Gasteiger partial charge < -0.3 is 4.42 Å². The minimum absolute atomic E-state index is 0.619. The van der Waals surface area contributed by atoms with Crippen molar-refractivity contribution in [2.45, 2.75) is 0 Å². The topological polar surface area (TPSA) is 51.8 Å². The fourth-order valence-electron chi connectivity index (χ4n) is 6.76. The largest absolute Gasteiger partial charge is 0.456 e. The van der Waals surface area contributed by atoms with Crippen LogP contribution in [-0.4, -0.2) is 15.0 Å². The number of hydrogen-bond acceptors (Lipinski definition) is 5. The van der Waals surface area contributed by atoms with E-state index in [1.807, 2.05) is 72.0 Å². The van der Waals surface area contributed by atoms with E-state index in [-0.39, 0.29) is 0 Å². The molecule has 0 aliphatic carbocycles. The van der Waals surface area contributed by atoms with Gasteiger partial charge in [-0.25, -0.2) is 15.0 Å². The van der Waals surface area contributed by atoms with Gasteiger partial charge in [-0.2, -0.15) is 0 Å². The lowest BCUT2D eigenvalue weighted by atomic mass is 9.99. The Labute approximate surface area is 267 Å². The standard InChI is InChI=1S/C41H23N3OS/c1-2-10-26(11-3-1)39-42-40(44-41(43-39)31-14-8-16-34-37(31)30-13-6-7-15-33(30)45-34)27-20-22-35-32(23-27)29-21-19-25-18-17-24-9-4-5-12-28(24)36(25)38(29)46-35/h1-23H. The lowest BCUT2D eigenvalue weighted by Crippen LogP contribution is -2.00. The normalized spacial score (nSPS) is 11.9. The van der Waals surface area contributed by atoms with Gasteiger partial charge in [0.15, 0.2) is 17.5 Å². The van der Waals surface area contributed by atoms with Gasteiger partial charge in [0, 0.05) is 53.0 Å². The van der Waals surface area contributed by atoms with E-state index in [1.165, 1.54) is 41.7 Å². The molecular weight excluding hydrogens is 583 g/mol. The second-order valence-electron chi connectivity index (χ2n) is 11.6. The van der Waals surface area contributed by atoms with Crippen molar-refractivity contribution >= 4 is 75.0 Å². The van der Waals surface area contributed by atoms with Crippen LogP contribution in [0, 0.1) is 0 Å². The average molecular weight is 606 g/mol. The van der Waals surface area contributed by atoms with E-state index in [0.717, 1.165) is 38.6 Å². The Morgan fingerprint density at radius 2 is 1.15 bits per heavy atom. The molecule has 214 valence electrons. The van der Waals surface area contributed by atoms with Crippen molar-refractivity contribution in [2.24, 2.45) is 0 Å². The summed E-state index contributed by atoms with van der Waals surface area (Å²) in [4.78, 5) is 15.2. The summed E-state index contributed by atoms with van der Waals surface area (Å²) in [6.45, 7) is 0. The molecule has 4 nitrogen and oxygen atoms in total. The maximum atomic E-state index is 6.21. The molecule has 0 aliphatic heterocycles. The van der Waals surface area contributed by atoms with Gasteiger partial charge in [-0.15, -0.1) is 11.3 Å². The molecule has 0 N–H and O–H groups in total. The van der Waals surface area contributed by atoms with Crippen molar-refractivity contribution in [3.05, 3.63) is 140 Å². The Morgan fingerprint density at radius 1 is 0.435 bits per heavy atom. The molecule has 0 saturated heterocycles. The SMILES string of the molecule is c1ccc(-c2nc(-c3ccc4sc5c(ccc6ccc7ccccc7c65)c4c3)nc(-c3cccc4oc5ccccc5c34)n2)cc1. The number of nitrogens with zero attached hydrogens (tertiary/aromatic N) is 3. The van der Waals surface area contributed by atoms with Crippen LogP contribution in [0.5, 0.6) is 0 Å².